The number of hydrogen-bond acceptors (Lipinski definition) is 3. The van der Waals surface area contributed by atoms with Crippen molar-refractivity contribution in [2.45, 2.75) is 25.7 Å². The van der Waals surface area contributed by atoms with Crippen LogP contribution in [0.1, 0.15) is 45.5 Å². The minimum absolute atomic E-state index is 0.134. The van der Waals surface area contributed by atoms with Crippen molar-refractivity contribution in [3.05, 3.63) is 94.5 Å². The number of carbonyl (C=O) groups is 2. The van der Waals surface area contributed by atoms with E-state index < -0.39 is 0 Å². The van der Waals surface area contributed by atoms with Crippen molar-refractivity contribution in [2.75, 3.05) is 29.9 Å². The Labute approximate surface area is 199 Å². The van der Waals surface area contributed by atoms with E-state index in [1.807, 2.05) is 30.3 Å². The standard InChI is InChI=1S/C27H28ClN3O2/c28-22-11-7-10-21(18-22)26(32)30-23-12-13-25(31-16-5-2-6-17-31)24(19-23)27(33)29-15-14-20-8-3-1-4-9-20/h1,3-4,7-13,18-19H,2,5-6,14-17H2,(H,29,33)(H,30,32). The first-order valence-corrected chi connectivity index (χ1v) is 11.8. The Balaban J connectivity index is 1.52. The normalized spacial score (nSPS) is 13.4. The number of benzene rings is 3. The van der Waals surface area contributed by atoms with Crippen LogP contribution >= 0.6 is 11.6 Å². The zero-order valence-corrected chi connectivity index (χ0v) is 19.3. The van der Waals surface area contributed by atoms with Gasteiger partial charge in [0.25, 0.3) is 11.8 Å². The molecule has 2 N–H and O–H groups in total. The summed E-state index contributed by atoms with van der Waals surface area (Å²) in [4.78, 5) is 28.1. The van der Waals surface area contributed by atoms with E-state index in [1.54, 1.807) is 30.3 Å². The fourth-order valence-electron chi connectivity index (χ4n) is 4.10. The fraction of sp³-hybridized carbons (Fsp3) is 0.259. The van der Waals surface area contributed by atoms with Crippen LogP contribution in [0.2, 0.25) is 5.02 Å². The van der Waals surface area contributed by atoms with Crippen molar-refractivity contribution in [3.8, 4) is 0 Å². The van der Waals surface area contributed by atoms with E-state index in [-0.39, 0.29) is 11.8 Å². The second-order valence-corrected chi connectivity index (χ2v) is 8.67. The lowest BCUT2D eigenvalue weighted by Gasteiger charge is -2.30. The number of nitrogens with one attached hydrogen (secondary N) is 2. The summed E-state index contributed by atoms with van der Waals surface area (Å²) in [6, 6.07) is 22.4. The summed E-state index contributed by atoms with van der Waals surface area (Å²) in [6.07, 6.45) is 4.20. The molecule has 0 radical (unpaired) electrons. The van der Waals surface area contributed by atoms with Gasteiger partial charge in [0, 0.05) is 41.6 Å². The monoisotopic (exact) mass is 461 g/mol. The molecule has 0 unspecified atom stereocenters. The Kier molecular flexibility index (Phi) is 7.63. The van der Waals surface area contributed by atoms with E-state index in [2.05, 4.69) is 27.7 Å². The van der Waals surface area contributed by atoms with Crippen LogP contribution in [-0.2, 0) is 6.42 Å². The molecule has 0 aliphatic carbocycles. The van der Waals surface area contributed by atoms with Crippen LogP contribution in [0.5, 0.6) is 0 Å². The predicted molar refractivity (Wildman–Crippen MR) is 134 cm³/mol. The van der Waals surface area contributed by atoms with Gasteiger partial charge in [0.2, 0.25) is 0 Å². The van der Waals surface area contributed by atoms with Gasteiger partial charge >= 0.3 is 0 Å². The number of piperidine rings is 1. The number of halogens is 1. The summed E-state index contributed by atoms with van der Waals surface area (Å²) in [5.41, 5.74) is 3.71. The summed E-state index contributed by atoms with van der Waals surface area (Å²) in [7, 11) is 0. The summed E-state index contributed by atoms with van der Waals surface area (Å²) in [5.74, 6) is -0.399. The number of anilines is 2. The second kappa shape index (κ2) is 11.0. The molecule has 1 saturated heterocycles. The van der Waals surface area contributed by atoms with Gasteiger partial charge in [-0.2, -0.15) is 0 Å². The van der Waals surface area contributed by atoms with Crippen molar-refractivity contribution in [3.63, 3.8) is 0 Å². The molecule has 6 heteroatoms. The van der Waals surface area contributed by atoms with Gasteiger partial charge in [-0.05, 0) is 67.6 Å². The van der Waals surface area contributed by atoms with E-state index in [1.165, 1.54) is 12.0 Å². The molecule has 33 heavy (non-hydrogen) atoms. The SMILES string of the molecule is O=C(Nc1ccc(N2CCCCC2)c(C(=O)NCCc2ccccc2)c1)c1cccc(Cl)c1. The third-order valence-corrected chi connectivity index (χ3v) is 6.06. The average molecular weight is 462 g/mol. The maximum absolute atomic E-state index is 13.2. The number of amides is 2. The van der Waals surface area contributed by atoms with E-state index >= 15 is 0 Å². The lowest BCUT2D eigenvalue weighted by molar-refractivity contribution is 0.0953. The van der Waals surface area contributed by atoms with E-state index in [0.29, 0.717) is 28.4 Å². The van der Waals surface area contributed by atoms with Crippen LogP contribution in [0.3, 0.4) is 0 Å². The molecule has 2 amide bonds. The third kappa shape index (κ3) is 6.14. The molecule has 1 fully saturated rings. The lowest BCUT2D eigenvalue weighted by atomic mass is 10.1. The van der Waals surface area contributed by atoms with Crippen molar-refractivity contribution in [1.29, 1.82) is 0 Å². The fourth-order valence-corrected chi connectivity index (χ4v) is 4.29. The highest BCUT2D eigenvalue weighted by molar-refractivity contribution is 6.31. The highest BCUT2D eigenvalue weighted by atomic mass is 35.5. The van der Waals surface area contributed by atoms with E-state index in [4.69, 9.17) is 11.6 Å². The number of nitrogens with zero attached hydrogens (tertiary/aromatic N) is 1. The molecule has 0 bridgehead atoms. The maximum atomic E-state index is 13.2. The molecule has 1 aliphatic heterocycles. The summed E-state index contributed by atoms with van der Waals surface area (Å²) >= 11 is 6.02. The molecule has 1 heterocycles. The molecule has 0 saturated carbocycles. The molecule has 0 aromatic heterocycles. The van der Waals surface area contributed by atoms with Gasteiger partial charge in [0.15, 0.2) is 0 Å². The van der Waals surface area contributed by atoms with Gasteiger partial charge in [0.1, 0.15) is 0 Å². The molecular weight excluding hydrogens is 434 g/mol. The molecule has 5 nitrogen and oxygen atoms in total. The molecule has 3 aromatic carbocycles. The predicted octanol–water partition coefficient (Wildman–Crippen LogP) is 5.56. The Hall–Kier alpha value is -3.31. The number of hydrogen-bond donors (Lipinski definition) is 2. The number of carbonyl (C=O) groups excluding carboxylic acids is 2. The molecule has 3 aromatic rings. The lowest BCUT2D eigenvalue weighted by Crippen LogP contribution is -2.33. The summed E-state index contributed by atoms with van der Waals surface area (Å²) in [5, 5.41) is 6.45. The highest BCUT2D eigenvalue weighted by Gasteiger charge is 2.20. The molecular formula is C27H28ClN3O2. The number of rotatable bonds is 7. The van der Waals surface area contributed by atoms with Crippen LogP contribution in [0.25, 0.3) is 0 Å². The largest absolute Gasteiger partial charge is 0.371 e. The molecule has 0 atom stereocenters. The minimum atomic E-state index is -0.265. The van der Waals surface area contributed by atoms with Crippen LogP contribution < -0.4 is 15.5 Å². The van der Waals surface area contributed by atoms with Crippen LogP contribution in [0.4, 0.5) is 11.4 Å². The first-order valence-electron chi connectivity index (χ1n) is 11.4. The van der Waals surface area contributed by atoms with E-state index in [9.17, 15) is 9.59 Å². The molecule has 1 aliphatic rings. The Morgan fingerprint density at radius 2 is 1.64 bits per heavy atom. The van der Waals surface area contributed by atoms with Gasteiger partial charge in [-0.1, -0.05) is 48.0 Å². The molecule has 4 rings (SSSR count). The van der Waals surface area contributed by atoms with Gasteiger partial charge in [-0.3, -0.25) is 9.59 Å². The Bertz CT molecular complexity index is 1110. The topological polar surface area (TPSA) is 61.4 Å². The first kappa shape index (κ1) is 22.9. The van der Waals surface area contributed by atoms with Crippen molar-refractivity contribution in [1.82, 2.24) is 5.32 Å². The Morgan fingerprint density at radius 1 is 0.848 bits per heavy atom. The average Bonchev–Trinajstić information content (AvgIpc) is 2.85. The van der Waals surface area contributed by atoms with Gasteiger partial charge in [-0.15, -0.1) is 0 Å². The molecule has 0 spiro atoms. The zero-order chi connectivity index (χ0) is 23.0. The van der Waals surface area contributed by atoms with Crippen LogP contribution in [0, 0.1) is 0 Å². The van der Waals surface area contributed by atoms with Crippen molar-refractivity contribution < 1.29 is 9.59 Å². The smallest absolute Gasteiger partial charge is 0.255 e. The van der Waals surface area contributed by atoms with Crippen LogP contribution in [-0.4, -0.2) is 31.4 Å². The highest BCUT2D eigenvalue weighted by Crippen LogP contribution is 2.27. The molecule has 170 valence electrons. The Morgan fingerprint density at radius 3 is 2.39 bits per heavy atom. The maximum Gasteiger partial charge on any atom is 0.255 e. The van der Waals surface area contributed by atoms with Crippen molar-refractivity contribution >= 4 is 34.8 Å². The van der Waals surface area contributed by atoms with Gasteiger partial charge in [0.05, 0.1) is 5.56 Å². The second-order valence-electron chi connectivity index (χ2n) is 8.24. The quantitative estimate of drug-likeness (QED) is 0.484. The van der Waals surface area contributed by atoms with E-state index in [0.717, 1.165) is 38.0 Å². The first-order chi connectivity index (χ1) is 16.1. The van der Waals surface area contributed by atoms with Crippen molar-refractivity contribution in [2.24, 2.45) is 0 Å². The zero-order valence-electron chi connectivity index (χ0n) is 18.5. The minimum Gasteiger partial charge on any atom is -0.371 e. The summed E-state index contributed by atoms with van der Waals surface area (Å²) in [6.45, 7) is 2.40. The summed E-state index contributed by atoms with van der Waals surface area (Å²) < 4.78 is 0. The van der Waals surface area contributed by atoms with Gasteiger partial charge in [-0.25, -0.2) is 0 Å². The third-order valence-electron chi connectivity index (χ3n) is 5.82. The van der Waals surface area contributed by atoms with Crippen LogP contribution in [0.15, 0.2) is 72.8 Å². The van der Waals surface area contributed by atoms with Gasteiger partial charge < -0.3 is 15.5 Å².